The highest BCUT2D eigenvalue weighted by molar-refractivity contribution is 7.09. The van der Waals surface area contributed by atoms with Crippen molar-refractivity contribution in [2.24, 2.45) is 0 Å². The number of nitrogens with one attached hydrogen (secondary N) is 1. The molecule has 2 nitrogen and oxygen atoms in total. The molecule has 1 aromatic heterocycles. The molecule has 0 atom stereocenters. The molecule has 3 heteroatoms. The Kier molecular flexibility index (Phi) is 4.90. The van der Waals surface area contributed by atoms with Crippen LogP contribution < -0.4 is 5.32 Å². The van der Waals surface area contributed by atoms with Crippen LogP contribution in [0.2, 0.25) is 0 Å². The predicted molar refractivity (Wildman–Crippen MR) is 79.2 cm³/mol. The molecule has 0 spiro atoms. The van der Waals surface area contributed by atoms with Crippen LogP contribution in [0, 0.1) is 6.92 Å². The van der Waals surface area contributed by atoms with E-state index in [0.29, 0.717) is 0 Å². The van der Waals surface area contributed by atoms with Crippen molar-refractivity contribution in [2.75, 3.05) is 13.6 Å². The van der Waals surface area contributed by atoms with Crippen molar-refractivity contribution < 1.29 is 0 Å². The van der Waals surface area contributed by atoms with Gasteiger partial charge in [-0.2, -0.15) is 0 Å². The molecule has 18 heavy (non-hydrogen) atoms. The predicted octanol–water partition coefficient (Wildman–Crippen LogP) is 3.66. The van der Waals surface area contributed by atoms with Crippen LogP contribution in [0.4, 0.5) is 0 Å². The molecule has 0 radical (unpaired) electrons. The summed E-state index contributed by atoms with van der Waals surface area (Å²) in [5.41, 5.74) is 3.64. The van der Waals surface area contributed by atoms with E-state index in [2.05, 4.69) is 41.9 Å². The number of unbranched alkanes of at least 4 members (excludes halogenated alkanes) is 1. The van der Waals surface area contributed by atoms with Gasteiger partial charge in [0.15, 0.2) is 0 Å². The van der Waals surface area contributed by atoms with Crippen LogP contribution >= 0.6 is 11.3 Å². The molecule has 0 saturated heterocycles. The van der Waals surface area contributed by atoms with Crippen LogP contribution in [0.3, 0.4) is 0 Å². The van der Waals surface area contributed by atoms with Gasteiger partial charge in [-0.1, -0.05) is 23.8 Å². The third-order valence-electron chi connectivity index (χ3n) is 2.93. The molecule has 0 fully saturated rings. The van der Waals surface area contributed by atoms with Gasteiger partial charge in [-0.25, -0.2) is 4.98 Å². The van der Waals surface area contributed by atoms with Crippen LogP contribution in [0.1, 0.15) is 23.4 Å². The highest BCUT2D eigenvalue weighted by Crippen LogP contribution is 2.23. The second-order valence-corrected chi connectivity index (χ2v) is 5.50. The molecule has 0 saturated carbocycles. The summed E-state index contributed by atoms with van der Waals surface area (Å²) in [6.07, 6.45) is 3.52. The molecule has 2 rings (SSSR count). The summed E-state index contributed by atoms with van der Waals surface area (Å²) in [6, 6.07) is 8.54. The number of aromatic nitrogens is 1. The van der Waals surface area contributed by atoms with E-state index in [1.165, 1.54) is 29.0 Å². The minimum Gasteiger partial charge on any atom is -0.320 e. The van der Waals surface area contributed by atoms with Crippen molar-refractivity contribution in [2.45, 2.75) is 26.2 Å². The van der Waals surface area contributed by atoms with E-state index in [1.807, 2.05) is 7.05 Å². The standard InChI is InChI=1S/C15H20N2S/c1-12-6-5-7-13(10-12)14-11-18-15(17-14)8-3-4-9-16-2/h5-7,10-11,16H,3-4,8-9H2,1-2H3. The molecule has 0 aliphatic carbocycles. The van der Waals surface area contributed by atoms with E-state index in [1.54, 1.807) is 11.3 Å². The molecule has 1 N–H and O–H groups in total. The number of aryl methyl sites for hydroxylation is 2. The maximum atomic E-state index is 4.72. The van der Waals surface area contributed by atoms with Gasteiger partial charge in [-0.05, 0) is 45.8 Å². The molecular formula is C15H20N2S. The Morgan fingerprint density at radius 2 is 2.17 bits per heavy atom. The first-order chi connectivity index (χ1) is 8.79. The molecule has 1 heterocycles. The maximum Gasteiger partial charge on any atom is 0.0932 e. The summed E-state index contributed by atoms with van der Waals surface area (Å²) < 4.78 is 0. The fourth-order valence-corrected chi connectivity index (χ4v) is 2.79. The van der Waals surface area contributed by atoms with Crippen molar-refractivity contribution in [3.05, 3.63) is 40.2 Å². The molecule has 0 unspecified atom stereocenters. The van der Waals surface area contributed by atoms with Crippen LogP contribution in [0.15, 0.2) is 29.6 Å². The third-order valence-corrected chi connectivity index (χ3v) is 3.84. The Morgan fingerprint density at radius 3 is 2.94 bits per heavy atom. The normalized spacial score (nSPS) is 10.8. The van der Waals surface area contributed by atoms with Gasteiger partial charge in [0.1, 0.15) is 0 Å². The molecule has 0 amide bonds. The quantitative estimate of drug-likeness (QED) is 0.802. The molecule has 0 aliphatic heterocycles. The number of rotatable bonds is 6. The van der Waals surface area contributed by atoms with E-state index in [-0.39, 0.29) is 0 Å². The van der Waals surface area contributed by atoms with Gasteiger partial charge in [0.05, 0.1) is 10.7 Å². The number of hydrogen-bond acceptors (Lipinski definition) is 3. The van der Waals surface area contributed by atoms with Crippen molar-refractivity contribution in [1.82, 2.24) is 10.3 Å². The summed E-state index contributed by atoms with van der Waals surface area (Å²) in [4.78, 5) is 4.72. The minimum absolute atomic E-state index is 1.09. The van der Waals surface area contributed by atoms with Crippen molar-refractivity contribution in [3.8, 4) is 11.3 Å². The number of hydrogen-bond donors (Lipinski definition) is 1. The smallest absolute Gasteiger partial charge is 0.0932 e. The number of benzene rings is 1. The zero-order chi connectivity index (χ0) is 12.8. The molecule has 0 bridgehead atoms. The van der Waals surface area contributed by atoms with Crippen LogP contribution in [0.5, 0.6) is 0 Å². The van der Waals surface area contributed by atoms with E-state index in [9.17, 15) is 0 Å². The average molecular weight is 260 g/mol. The fraction of sp³-hybridized carbons (Fsp3) is 0.400. The lowest BCUT2D eigenvalue weighted by molar-refractivity contribution is 0.676. The lowest BCUT2D eigenvalue weighted by Crippen LogP contribution is -2.07. The van der Waals surface area contributed by atoms with Crippen LogP contribution in [-0.2, 0) is 6.42 Å². The summed E-state index contributed by atoms with van der Waals surface area (Å²) in [7, 11) is 2.00. The van der Waals surface area contributed by atoms with Gasteiger partial charge < -0.3 is 5.32 Å². The van der Waals surface area contributed by atoms with Crippen LogP contribution in [-0.4, -0.2) is 18.6 Å². The Morgan fingerprint density at radius 1 is 1.28 bits per heavy atom. The Balaban J connectivity index is 1.97. The van der Waals surface area contributed by atoms with Gasteiger partial charge in [0.25, 0.3) is 0 Å². The number of thiazole rings is 1. The Hall–Kier alpha value is -1.19. The summed E-state index contributed by atoms with van der Waals surface area (Å²) in [5.74, 6) is 0. The van der Waals surface area contributed by atoms with Gasteiger partial charge >= 0.3 is 0 Å². The number of nitrogens with zero attached hydrogens (tertiary/aromatic N) is 1. The molecule has 96 valence electrons. The minimum atomic E-state index is 1.09. The average Bonchev–Trinajstić information content (AvgIpc) is 2.83. The van der Waals surface area contributed by atoms with Crippen molar-refractivity contribution in [3.63, 3.8) is 0 Å². The van der Waals surface area contributed by atoms with Crippen molar-refractivity contribution >= 4 is 11.3 Å². The van der Waals surface area contributed by atoms with E-state index >= 15 is 0 Å². The molecule has 0 aliphatic rings. The summed E-state index contributed by atoms with van der Waals surface area (Å²) >= 11 is 1.78. The third kappa shape index (κ3) is 3.65. The van der Waals surface area contributed by atoms with Crippen LogP contribution in [0.25, 0.3) is 11.3 Å². The Labute approximate surface area is 113 Å². The topological polar surface area (TPSA) is 24.9 Å². The first kappa shape index (κ1) is 13.2. The largest absolute Gasteiger partial charge is 0.320 e. The first-order valence-electron chi connectivity index (χ1n) is 6.45. The zero-order valence-corrected chi connectivity index (χ0v) is 11.9. The second kappa shape index (κ2) is 6.66. The lowest BCUT2D eigenvalue weighted by Gasteiger charge is -1.99. The molecule has 2 aromatic rings. The zero-order valence-electron chi connectivity index (χ0n) is 11.1. The summed E-state index contributed by atoms with van der Waals surface area (Å²) in [5, 5.41) is 6.60. The highest BCUT2D eigenvalue weighted by atomic mass is 32.1. The van der Waals surface area contributed by atoms with E-state index < -0.39 is 0 Å². The van der Waals surface area contributed by atoms with Crippen molar-refractivity contribution in [1.29, 1.82) is 0 Å². The van der Waals surface area contributed by atoms with Gasteiger partial charge in [-0.3, -0.25) is 0 Å². The monoisotopic (exact) mass is 260 g/mol. The van der Waals surface area contributed by atoms with Gasteiger partial charge in [0.2, 0.25) is 0 Å². The van der Waals surface area contributed by atoms with E-state index in [4.69, 9.17) is 4.98 Å². The molecule has 1 aromatic carbocycles. The summed E-state index contributed by atoms with van der Waals surface area (Å²) in [6.45, 7) is 3.21. The first-order valence-corrected chi connectivity index (χ1v) is 7.33. The van der Waals surface area contributed by atoms with Gasteiger partial charge in [0, 0.05) is 10.9 Å². The Bertz CT molecular complexity index is 491. The maximum absolute atomic E-state index is 4.72. The highest BCUT2D eigenvalue weighted by Gasteiger charge is 2.04. The lowest BCUT2D eigenvalue weighted by atomic mass is 10.1. The van der Waals surface area contributed by atoms with E-state index in [0.717, 1.165) is 18.7 Å². The second-order valence-electron chi connectivity index (χ2n) is 4.56. The fourth-order valence-electron chi connectivity index (χ4n) is 1.94. The molecular weight excluding hydrogens is 240 g/mol. The van der Waals surface area contributed by atoms with Gasteiger partial charge in [-0.15, -0.1) is 11.3 Å². The SMILES string of the molecule is CNCCCCc1nc(-c2cccc(C)c2)cs1.